The minimum atomic E-state index is -4.56. The van der Waals surface area contributed by atoms with Crippen molar-refractivity contribution < 1.29 is 30.9 Å². The van der Waals surface area contributed by atoms with Crippen LogP contribution in [-0.4, -0.2) is 25.9 Å². The molecule has 0 spiro atoms. The van der Waals surface area contributed by atoms with E-state index in [4.69, 9.17) is 4.52 Å². The highest BCUT2D eigenvalue weighted by Crippen LogP contribution is 2.36. The topological polar surface area (TPSA) is 56.7 Å². The van der Waals surface area contributed by atoms with Crippen molar-refractivity contribution >= 4 is 10.9 Å². The number of fused-ring (bicyclic) bond motifs is 1. The van der Waals surface area contributed by atoms with E-state index in [2.05, 4.69) is 15.1 Å². The zero-order chi connectivity index (χ0) is 27.0. The average Bonchev–Trinajstić information content (AvgIpc) is 3.41. The first-order chi connectivity index (χ1) is 17.4. The number of hydrogen-bond acceptors (Lipinski definition) is 4. The molecule has 3 heterocycles. The third kappa shape index (κ3) is 5.65. The molecule has 1 unspecified atom stereocenters. The molecule has 0 bridgehead atoms. The monoisotopic (exact) mass is 524 g/mol. The summed E-state index contributed by atoms with van der Waals surface area (Å²) >= 11 is 0. The Morgan fingerprint density at radius 2 is 1.78 bits per heavy atom. The SMILES string of the molecule is CCc1c(CC(CC)C(F)(F)F)n(CCc2noc(-c3ccc(C(F)(F)F)nc3)n2)c2ccc(C)cc12. The smallest absolute Gasteiger partial charge is 0.344 e. The molecule has 1 atom stereocenters. The molecule has 0 aliphatic carbocycles. The second kappa shape index (κ2) is 10.2. The third-order valence-corrected chi connectivity index (χ3v) is 6.52. The summed E-state index contributed by atoms with van der Waals surface area (Å²) in [5, 5.41) is 4.85. The van der Waals surface area contributed by atoms with E-state index in [1.165, 1.54) is 13.0 Å². The van der Waals surface area contributed by atoms with Crippen LogP contribution >= 0.6 is 0 Å². The van der Waals surface area contributed by atoms with Gasteiger partial charge in [-0.05, 0) is 56.0 Å². The van der Waals surface area contributed by atoms with E-state index in [9.17, 15) is 26.3 Å². The average molecular weight is 525 g/mol. The van der Waals surface area contributed by atoms with Crippen LogP contribution in [0.5, 0.6) is 0 Å². The van der Waals surface area contributed by atoms with E-state index in [1.54, 1.807) is 0 Å². The fourth-order valence-corrected chi connectivity index (χ4v) is 4.57. The summed E-state index contributed by atoms with van der Waals surface area (Å²) in [6.45, 7) is 5.73. The Morgan fingerprint density at radius 3 is 2.38 bits per heavy atom. The number of pyridine rings is 1. The molecular weight excluding hydrogens is 498 g/mol. The van der Waals surface area contributed by atoms with Crippen LogP contribution in [0, 0.1) is 12.8 Å². The Kier molecular flexibility index (Phi) is 7.34. The molecule has 0 aliphatic heterocycles. The van der Waals surface area contributed by atoms with Crippen LogP contribution in [0.2, 0.25) is 0 Å². The van der Waals surface area contributed by atoms with Crippen molar-refractivity contribution in [1.82, 2.24) is 19.7 Å². The molecule has 5 nitrogen and oxygen atoms in total. The van der Waals surface area contributed by atoms with E-state index in [0.717, 1.165) is 34.3 Å². The number of alkyl halides is 6. The molecule has 0 radical (unpaired) electrons. The maximum atomic E-state index is 13.7. The van der Waals surface area contributed by atoms with Crippen LogP contribution in [0.3, 0.4) is 0 Å². The van der Waals surface area contributed by atoms with Gasteiger partial charge in [-0.25, -0.2) is 0 Å². The van der Waals surface area contributed by atoms with Gasteiger partial charge in [0, 0.05) is 35.8 Å². The lowest BCUT2D eigenvalue weighted by Gasteiger charge is -2.21. The number of aromatic nitrogens is 4. The van der Waals surface area contributed by atoms with Gasteiger partial charge in [0.15, 0.2) is 5.82 Å². The fraction of sp³-hybridized carbons (Fsp3) is 0.423. The van der Waals surface area contributed by atoms with Gasteiger partial charge in [0.05, 0.1) is 11.5 Å². The molecule has 1 aromatic carbocycles. The van der Waals surface area contributed by atoms with E-state index < -0.39 is 24.0 Å². The van der Waals surface area contributed by atoms with Gasteiger partial charge in [-0.2, -0.15) is 31.3 Å². The lowest BCUT2D eigenvalue weighted by molar-refractivity contribution is -0.175. The molecule has 4 rings (SSSR count). The lowest BCUT2D eigenvalue weighted by atomic mass is 9.96. The maximum absolute atomic E-state index is 13.7. The van der Waals surface area contributed by atoms with Crippen LogP contribution in [0.4, 0.5) is 26.3 Å². The lowest BCUT2D eigenvalue weighted by Crippen LogP contribution is -2.26. The van der Waals surface area contributed by atoms with Crippen LogP contribution in [0.1, 0.15) is 48.6 Å². The van der Waals surface area contributed by atoms with Crippen LogP contribution in [0.25, 0.3) is 22.4 Å². The zero-order valence-electron chi connectivity index (χ0n) is 20.5. The molecule has 0 aliphatic rings. The fourth-order valence-electron chi connectivity index (χ4n) is 4.57. The minimum absolute atomic E-state index is 0.0156. The van der Waals surface area contributed by atoms with Crippen molar-refractivity contribution in [3.05, 3.63) is 64.9 Å². The predicted molar refractivity (Wildman–Crippen MR) is 126 cm³/mol. The van der Waals surface area contributed by atoms with E-state index in [1.807, 2.05) is 36.6 Å². The van der Waals surface area contributed by atoms with Gasteiger partial charge in [0.2, 0.25) is 0 Å². The number of rotatable bonds is 8. The standard InChI is InChI=1S/C26H26F6N4O/c1-4-17(25(27,28)29)13-21-18(5-2)19-12-15(3)6-8-20(19)36(21)11-10-23-34-24(37-35-23)16-7-9-22(33-14-16)26(30,31)32/h6-9,12,14,17H,4-5,10-11,13H2,1-3H3. The molecule has 3 aromatic heterocycles. The Morgan fingerprint density at radius 1 is 1.03 bits per heavy atom. The predicted octanol–water partition coefficient (Wildman–Crippen LogP) is 7.35. The largest absolute Gasteiger partial charge is 0.433 e. The summed E-state index contributed by atoms with van der Waals surface area (Å²) in [5.74, 6) is -1.16. The Hall–Kier alpha value is -3.37. The number of benzene rings is 1. The van der Waals surface area contributed by atoms with Gasteiger partial charge in [-0.3, -0.25) is 4.98 Å². The van der Waals surface area contributed by atoms with Crippen LogP contribution in [0.15, 0.2) is 41.1 Å². The molecule has 0 N–H and O–H groups in total. The number of halogens is 6. The first kappa shape index (κ1) is 26.7. The van der Waals surface area contributed by atoms with Gasteiger partial charge < -0.3 is 9.09 Å². The normalized spacial score (nSPS) is 13.4. The summed E-state index contributed by atoms with van der Waals surface area (Å²) in [5.41, 5.74) is 2.59. The second-order valence-corrected chi connectivity index (χ2v) is 9.00. The van der Waals surface area contributed by atoms with Crippen molar-refractivity contribution in [3.8, 4) is 11.5 Å². The van der Waals surface area contributed by atoms with Crippen molar-refractivity contribution in [1.29, 1.82) is 0 Å². The number of aryl methyl sites for hydroxylation is 4. The van der Waals surface area contributed by atoms with Crippen molar-refractivity contribution in [2.24, 2.45) is 5.92 Å². The molecule has 198 valence electrons. The van der Waals surface area contributed by atoms with Crippen LogP contribution in [-0.2, 0) is 32.0 Å². The Balaban J connectivity index is 1.64. The van der Waals surface area contributed by atoms with E-state index >= 15 is 0 Å². The quantitative estimate of drug-likeness (QED) is 0.226. The second-order valence-electron chi connectivity index (χ2n) is 9.00. The summed E-state index contributed by atoms with van der Waals surface area (Å²) in [7, 11) is 0. The highest BCUT2D eigenvalue weighted by molar-refractivity contribution is 5.86. The van der Waals surface area contributed by atoms with E-state index in [0.29, 0.717) is 18.7 Å². The van der Waals surface area contributed by atoms with Crippen molar-refractivity contribution in [2.75, 3.05) is 0 Å². The Labute approximate surface area is 209 Å². The van der Waals surface area contributed by atoms with Gasteiger partial charge >= 0.3 is 12.4 Å². The molecule has 11 heteroatoms. The van der Waals surface area contributed by atoms with E-state index in [-0.39, 0.29) is 36.5 Å². The van der Waals surface area contributed by atoms with Crippen molar-refractivity contribution in [2.45, 2.75) is 65.4 Å². The van der Waals surface area contributed by atoms with Gasteiger partial charge in [-0.1, -0.05) is 30.6 Å². The van der Waals surface area contributed by atoms with Crippen LogP contribution < -0.4 is 0 Å². The Bertz CT molecular complexity index is 1370. The summed E-state index contributed by atoms with van der Waals surface area (Å²) in [6.07, 6.45) is -7.18. The summed E-state index contributed by atoms with van der Waals surface area (Å²) in [4.78, 5) is 7.66. The summed E-state index contributed by atoms with van der Waals surface area (Å²) in [6, 6.07) is 7.86. The molecule has 37 heavy (non-hydrogen) atoms. The molecule has 4 aromatic rings. The van der Waals surface area contributed by atoms with Gasteiger partial charge in [0.25, 0.3) is 5.89 Å². The first-order valence-corrected chi connectivity index (χ1v) is 12.0. The third-order valence-electron chi connectivity index (χ3n) is 6.52. The molecule has 0 fully saturated rings. The highest BCUT2D eigenvalue weighted by Gasteiger charge is 2.39. The van der Waals surface area contributed by atoms with Crippen molar-refractivity contribution in [3.63, 3.8) is 0 Å². The van der Waals surface area contributed by atoms with Gasteiger partial charge in [0.1, 0.15) is 5.69 Å². The maximum Gasteiger partial charge on any atom is 0.433 e. The van der Waals surface area contributed by atoms with Gasteiger partial charge in [-0.15, -0.1) is 0 Å². The summed E-state index contributed by atoms with van der Waals surface area (Å²) < 4.78 is 86.5. The number of hydrogen-bond donors (Lipinski definition) is 0. The molecule has 0 saturated heterocycles. The molecule has 0 amide bonds. The first-order valence-electron chi connectivity index (χ1n) is 12.0. The minimum Gasteiger partial charge on any atom is -0.344 e. The molecular formula is C26H26F6N4O. The number of nitrogens with zero attached hydrogens (tertiary/aromatic N) is 4. The molecule has 0 saturated carbocycles. The highest BCUT2D eigenvalue weighted by atomic mass is 19.4. The zero-order valence-corrected chi connectivity index (χ0v) is 20.5.